The second kappa shape index (κ2) is 8.14. The lowest BCUT2D eigenvalue weighted by Gasteiger charge is -2.16. The molecule has 0 saturated heterocycles. The molecule has 4 rings (SSSR count). The number of nitrogens with one attached hydrogen (secondary N) is 1. The van der Waals surface area contributed by atoms with Gasteiger partial charge < -0.3 is 10.1 Å². The van der Waals surface area contributed by atoms with Gasteiger partial charge in [-0.1, -0.05) is 35.3 Å². The Balaban J connectivity index is 1.84. The van der Waals surface area contributed by atoms with Gasteiger partial charge in [0.15, 0.2) is 0 Å². The number of imide groups is 1. The van der Waals surface area contributed by atoms with Crippen LogP contribution in [0.5, 0.6) is 5.75 Å². The fourth-order valence-electron chi connectivity index (χ4n) is 3.25. The van der Waals surface area contributed by atoms with E-state index in [1.165, 1.54) is 23.5 Å². The summed E-state index contributed by atoms with van der Waals surface area (Å²) in [4.78, 5) is 28.5. The van der Waals surface area contributed by atoms with Crippen molar-refractivity contribution in [3.8, 4) is 5.75 Å². The van der Waals surface area contributed by atoms with Crippen LogP contribution in [0.3, 0.4) is 0 Å². The molecule has 0 bridgehead atoms. The van der Waals surface area contributed by atoms with Crippen molar-refractivity contribution in [2.75, 3.05) is 17.3 Å². The van der Waals surface area contributed by atoms with Crippen LogP contribution in [0.2, 0.25) is 10.0 Å². The van der Waals surface area contributed by atoms with E-state index in [9.17, 15) is 9.59 Å². The molecule has 5 nitrogen and oxygen atoms in total. The maximum absolute atomic E-state index is 13.4. The Hall–Kier alpha value is -2.80. The van der Waals surface area contributed by atoms with Gasteiger partial charge in [0.2, 0.25) is 0 Å². The topological polar surface area (TPSA) is 58.6 Å². The van der Waals surface area contributed by atoms with Gasteiger partial charge in [-0.15, -0.1) is 11.3 Å². The molecule has 0 aliphatic carbocycles. The zero-order valence-corrected chi connectivity index (χ0v) is 18.4. The highest BCUT2D eigenvalue weighted by molar-refractivity contribution is 7.11. The first-order valence-electron chi connectivity index (χ1n) is 8.93. The minimum Gasteiger partial charge on any atom is -0.495 e. The smallest absolute Gasteiger partial charge is 0.282 e. The summed E-state index contributed by atoms with van der Waals surface area (Å²) in [5.41, 5.74) is 2.34. The maximum atomic E-state index is 13.4. The number of anilines is 2. The molecule has 1 aliphatic heterocycles. The van der Waals surface area contributed by atoms with Crippen LogP contribution in [-0.2, 0) is 9.59 Å². The molecule has 0 saturated carbocycles. The second-order valence-corrected chi connectivity index (χ2v) is 8.45. The van der Waals surface area contributed by atoms with Crippen molar-refractivity contribution >= 4 is 63.3 Å². The highest BCUT2D eigenvalue weighted by atomic mass is 35.5. The lowest BCUT2D eigenvalue weighted by molar-refractivity contribution is -0.120. The zero-order chi connectivity index (χ0) is 21.4. The van der Waals surface area contributed by atoms with Gasteiger partial charge in [-0.2, -0.15) is 0 Å². The van der Waals surface area contributed by atoms with E-state index in [-0.39, 0.29) is 11.3 Å². The average Bonchev–Trinajstić information content (AvgIpc) is 3.28. The molecule has 0 spiro atoms. The van der Waals surface area contributed by atoms with Crippen molar-refractivity contribution in [2.45, 2.75) is 6.92 Å². The van der Waals surface area contributed by atoms with Gasteiger partial charge in [-0.05, 0) is 54.3 Å². The molecule has 1 N–H and O–H groups in total. The van der Waals surface area contributed by atoms with E-state index in [1.807, 2.05) is 30.5 Å². The summed E-state index contributed by atoms with van der Waals surface area (Å²) in [6.07, 6.45) is 0. The van der Waals surface area contributed by atoms with Crippen molar-refractivity contribution in [3.63, 3.8) is 0 Å². The Morgan fingerprint density at radius 3 is 2.37 bits per heavy atom. The van der Waals surface area contributed by atoms with Crippen LogP contribution in [0, 0.1) is 6.92 Å². The first-order valence-corrected chi connectivity index (χ1v) is 10.6. The van der Waals surface area contributed by atoms with E-state index in [4.69, 9.17) is 27.9 Å². The van der Waals surface area contributed by atoms with Crippen LogP contribution in [0.25, 0.3) is 5.57 Å². The fraction of sp³-hybridized carbons (Fsp3) is 0.0909. The summed E-state index contributed by atoms with van der Waals surface area (Å²) in [5, 5.41) is 5.65. The van der Waals surface area contributed by atoms with Crippen molar-refractivity contribution in [1.29, 1.82) is 0 Å². The minimum absolute atomic E-state index is 0.169. The van der Waals surface area contributed by atoms with Crippen molar-refractivity contribution in [3.05, 3.63) is 80.1 Å². The molecule has 0 radical (unpaired) electrons. The van der Waals surface area contributed by atoms with Gasteiger partial charge in [0.1, 0.15) is 11.4 Å². The number of halogens is 2. The highest BCUT2D eigenvalue weighted by Crippen LogP contribution is 2.38. The number of rotatable bonds is 5. The molecule has 0 fully saturated rings. The highest BCUT2D eigenvalue weighted by Gasteiger charge is 2.41. The van der Waals surface area contributed by atoms with Crippen LogP contribution in [0.4, 0.5) is 11.4 Å². The summed E-state index contributed by atoms with van der Waals surface area (Å²) in [5.74, 6) is -0.386. The number of amides is 2. The van der Waals surface area contributed by atoms with E-state index >= 15 is 0 Å². The van der Waals surface area contributed by atoms with E-state index in [2.05, 4.69) is 5.32 Å². The Kier molecular flexibility index (Phi) is 5.56. The van der Waals surface area contributed by atoms with E-state index < -0.39 is 11.8 Å². The molecular weight excluding hydrogens is 443 g/mol. The van der Waals surface area contributed by atoms with Crippen LogP contribution in [-0.4, -0.2) is 18.9 Å². The van der Waals surface area contributed by atoms with Gasteiger partial charge in [0.25, 0.3) is 11.8 Å². The molecular formula is C22H16Cl2N2O3S. The predicted molar refractivity (Wildman–Crippen MR) is 122 cm³/mol. The number of aryl methyl sites for hydroxylation is 1. The maximum Gasteiger partial charge on any atom is 0.282 e. The summed E-state index contributed by atoms with van der Waals surface area (Å²) >= 11 is 13.6. The Morgan fingerprint density at radius 1 is 1.00 bits per heavy atom. The van der Waals surface area contributed by atoms with Crippen LogP contribution < -0.4 is 15.0 Å². The molecule has 3 aromatic rings. The molecule has 30 heavy (non-hydrogen) atoms. The standard InChI is InChI=1S/C22H16Cl2N2O3S/c1-12-5-6-17(29-2)16(8-12)25-20-19(18-4-3-7-30-18)21(27)26(22(20)28)15-10-13(23)9-14(24)11-15/h3-11,25H,1-2H3. The fourth-order valence-corrected chi connectivity index (χ4v) is 4.53. The van der Waals surface area contributed by atoms with Gasteiger partial charge in [0.05, 0.1) is 24.1 Å². The third kappa shape index (κ3) is 3.69. The number of hydrogen-bond acceptors (Lipinski definition) is 5. The number of benzene rings is 2. The molecule has 0 unspecified atom stereocenters. The molecule has 1 aromatic heterocycles. The first-order chi connectivity index (χ1) is 14.4. The third-order valence-corrected chi connectivity index (χ3v) is 5.90. The lowest BCUT2D eigenvalue weighted by Crippen LogP contribution is -2.32. The predicted octanol–water partition coefficient (Wildman–Crippen LogP) is 5.77. The number of nitrogens with zero attached hydrogens (tertiary/aromatic N) is 1. The molecule has 0 atom stereocenters. The van der Waals surface area contributed by atoms with Gasteiger partial charge in [-0.25, -0.2) is 4.90 Å². The molecule has 2 amide bonds. The Bertz CT molecular complexity index is 1170. The minimum atomic E-state index is -0.495. The second-order valence-electron chi connectivity index (χ2n) is 6.63. The SMILES string of the molecule is COc1ccc(C)cc1NC1=C(c2cccs2)C(=O)N(c2cc(Cl)cc(Cl)c2)C1=O. The normalized spacial score (nSPS) is 13.9. The molecule has 152 valence electrons. The third-order valence-electron chi connectivity index (χ3n) is 4.57. The molecule has 2 heterocycles. The monoisotopic (exact) mass is 458 g/mol. The average molecular weight is 459 g/mol. The number of hydrogen-bond donors (Lipinski definition) is 1. The van der Waals surface area contributed by atoms with E-state index in [1.54, 1.807) is 25.3 Å². The summed E-state index contributed by atoms with van der Waals surface area (Å²) < 4.78 is 5.41. The summed E-state index contributed by atoms with van der Waals surface area (Å²) in [6.45, 7) is 1.93. The number of carbonyl (C=O) groups is 2. The largest absolute Gasteiger partial charge is 0.495 e. The number of carbonyl (C=O) groups excluding carboxylic acids is 2. The summed E-state index contributed by atoms with van der Waals surface area (Å²) in [7, 11) is 1.55. The van der Waals surface area contributed by atoms with Gasteiger partial charge in [-0.3, -0.25) is 9.59 Å². The number of methoxy groups -OCH3 is 1. The van der Waals surface area contributed by atoms with Crippen LogP contribution in [0.15, 0.2) is 59.6 Å². The van der Waals surface area contributed by atoms with E-state index in [0.29, 0.717) is 32.0 Å². The molecule has 1 aliphatic rings. The zero-order valence-electron chi connectivity index (χ0n) is 16.0. The Morgan fingerprint density at radius 2 is 1.73 bits per heavy atom. The van der Waals surface area contributed by atoms with Crippen LogP contribution >= 0.6 is 34.5 Å². The van der Waals surface area contributed by atoms with Crippen molar-refractivity contribution in [2.24, 2.45) is 0 Å². The molecule has 8 heteroatoms. The van der Waals surface area contributed by atoms with Gasteiger partial charge in [0, 0.05) is 14.9 Å². The lowest BCUT2D eigenvalue weighted by atomic mass is 10.1. The van der Waals surface area contributed by atoms with Gasteiger partial charge >= 0.3 is 0 Å². The number of thiophene rings is 1. The van der Waals surface area contributed by atoms with E-state index in [0.717, 1.165) is 10.5 Å². The van der Waals surface area contributed by atoms with Crippen molar-refractivity contribution in [1.82, 2.24) is 0 Å². The summed E-state index contributed by atoms with van der Waals surface area (Å²) in [6, 6.07) is 13.8. The number of ether oxygens (including phenoxy) is 1. The Labute approximate surface area is 187 Å². The van der Waals surface area contributed by atoms with Crippen molar-refractivity contribution < 1.29 is 14.3 Å². The molecule has 2 aromatic carbocycles. The quantitative estimate of drug-likeness (QED) is 0.493. The first kappa shape index (κ1) is 20.5. The van der Waals surface area contributed by atoms with Crippen LogP contribution in [0.1, 0.15) is 10.4 Å².